The second-order valence-corrected chi connectivity index (χ2v) is 6.33. The first-order chi connectivity index (χ1) is 11.8. The fourth-order valence-corrected chi connectivity index (χ4v) is 3.43. The lowest BCUT2D eigenvalue weighted by molar-refractivity contribution is 0.827. The summed E-state index contributed by atoms with van der Waals surface area (Å²) in [4.78, 5) is 0. The molecule has 2 nitrogen and oxygen atoms in total. The van der Waals surface area contributed by atoms with Crippen molar-refractivity contribution in [2.45, 2.75) is 26.9 Å². The SMILES string of the molecule is CCn1c2ccccc2c2cc(CNc3ccc(C)cc3)ccc21. The van der Waals surface area contributed by atoms with E-state index in [1.807, 2.05) is 0 Å². The van der Waals surface area contributed by atoms with E-state index in [0.717, 1.165) is 18.8 Å². The van der Waals surface area contributed by atoms with Crippen LogP contribution in [0.15, 0.2) is 66.7 Å². The average molecular weight is 314 g/mol. The average Bonchev–Trinajstić information content (AvgIpc) is 2.94. The highest BCUT2D eigenvalue weighted by atomic mass is 15.0. The molecular weight excluding hydrogens is 292 g/mol. The highest BCUT2D eigenvalue weighted by molar-refractivity contribution is 6.08. The maximum atomic E-state index is 3.51. The number of aryl methyl sites for hydroxylation is 2. The number of nitrogens with one attached hydrogen (secondary N) is 1. The zero-order chi connectivity index (χ0) is 16.5. The van der Waals surface area contributed by atoms with Crippen molar-refractivity contribution in [3.63, 3.8) is 0 Å². The van der Waals surface area contributed by atoms with Gasteiger partial charge in [0.15, 0.2) is 0 Å². The summed E-state index contributed by atoms with van der Waals surface area (Å²) in [7, 11) is 0. The summed E-state index contributed by atoms with van der Waals surface area (Å²) in [6.07, 6.45) is 0. The summed E-state index contributed by atoms with van der Waals surface area (Å²) in [5.74, 6) is 0. The fraction of sp³-hybridized carbons (Fsp3) is 0.182. The molecule has 0 spiro atoms. The van der Waals surface area contributed by atoms with Crippen molar-refractivity contribution >= 4 is 27.5 Å². The van der Waals surface area contributed by atoms with Crippen LogP contribution >= 0.6 is 0 Å². The summed E-state index contributed by atoms with van der Waals surface area (Å²) in [5, 5.41) is 6.20. The van der Waals surface area contributed by atoms with Crippen molar-refractivity contribution in [1.82, 2.24) is 4.57 Å². The van der Waals surface area contributed by atoms with E-state index in [2.05, 4.69) is 90.5 Å². The van der Waals surface area contributed by atoms with Crippen LogP contribution in [0, 0.1) is 6.92 Å². The summed E-state index contributed by atoms with van der Waals surface area (Å²) in [6.45, 7) is 6.15. The molecule has 4 rings (SSSR count). The van der Waals surface area contributed by atoms with Crippen LogP contribution in [0.25, 0.3) is 21.8 Å². The molecule has 0 fully saturated rings. The number of nitrogens with zero attached hydrogens (tertiary/aromatic N) is 1. The largest absolute Gasteiger partial charge is 0.381 e. The quantitative estimate of drug-likeness (QED) is 0.508. The molecule has 120 valence electrons. The number of anilines is 1. The van der Waals surface area contributed by atoms with Crippen LogP contribution in [0.3, 0.4) is 0 Å². The standard InChI is InChI=1S/C22H22N2/c1-3-24-21-7-5-4-6-19(21)20-14-17(10-13-22(20)24)15-23-18-11-8-16(2)9-12-18/h4-14,23H,3,15H2,1-2H3. The Labute approximate surface area is 142 Å². The van der Waals surface area contributed by atoms with Gasteiger partial charge in [0.2, 0.25) is 0 Å². The Morgan fingerprint density at radius 1 is 0.833 bits per heavy atom. The van der Waals surface area contributed by atoms with Crippen LogP contribution in [0.5, 0.6) is 0 Å². The minimum atomic E-state index is 0.838. The maximum absolute atomic E-state index is 3.51. The first-order valence-electron chi connectivity index (χ1n) is 8.56. The van der Waals surface area contributed by atoms with Crippen LogP contribution < -0.4 is 5.32 Å². The maximum Gasteiger partial charge on any atom is 0.0491 e. The fourth-order valence-electron chi connectivity index (χ4n) is 3.43. The Bertz CT molecular complexity index is 994. The number of hydrogen-bond donors (Lipinski definition) is 1. The molecule has 0 aliphatic heterocycles. The molecule has 24 heavy (non-hydrogen) atoms. The van der Waals surface area contributed by atoms with E-state index in [4.69, 9.17) is 0 Å². The number of aromatic nitrogens is 1. The molecule has 0 atom stereocenters. The van der Waals surface area contributed by atoms with Gasteiger partial charge in [0.1, 0.15) is 0 Å². The number of hydrogen-bond acceptors (Lipinski definition) is 1. The molecule has 3 aromatic carbocycles. The van der Waals surface area contributed by atoms with E-state index < -0.39 is 0 Å². The summed E-state index contributed by atoms with van der Waals surface area (Å²) >= 11 is 0. The van der Waals surface area contributed by atoms with Gasteiger partial charge < -0.3 is 9.88 Å². The van der Waals surface area contributed by atoms with Gasteiger partial charge in [-0.2, -0.15) is 0 Å². The Morgan fingerprint density at radius 3 is 2.38 bits per heavy atom. The lowest BCUT2D eigenvalue weighted by atomic mass is 10.1. The third-order valence-corrected chi connectivity index (χ3v) is 4.70. The predicted molar refractivity (Wildman–Crippen MR) is 104 cm³/mol. The van der Waals surface area contributed by atoms with Crippen LogP contribution in [0.4, 0.5) is 5.69 Å². The molecule has 0 bridgehead atoms. The molecule has 1 aromatic heterocycles. The van der Waals surface area contributed by atoms with Crippen molar-refractivity contribution < 1.29 is 0 Å². The Balaban J connectivity index is 1.70. The van der Waals surface area contributed by atoms with Crippen molar-refractivity contribution in [2.75, 3.05) is 5.32 Å². The molecule has 0 saturated heterocycles. The summed E-state index contributed by atoms with van der Waals surface area (Å²) in [6, 6.07) is 24.0. The Kier molecular flexibility index (Phi) is 3.73. The first kappa shape index (κ1) is 14.8. The highest BCUT2D eigenvalue weighted by Gasteiger charge is 2.09. The first-order valence-corrected chi connectivity index (χ1v) is 8.56. The van der Waals surface area contributed by atoms with Crippen molar-refractivity contribution in [3.05, 3.63) is 77.9 Å². The highest BCUT2D eigenvalue weighted by Crippen LogP contribution is 2.29. The smallest absolute Gasteiger partial charge is 0.0491 e. The number of rotatable bonds is 4. The minimum Gasteiger partial charge on any atom is -0.381 e. The lowest BCUT2D eigenvalue weighted by Crippen LogP contribution is -1.99. The van der Waals surface area contributed by atoms with Gasteiger partial charge in [0, 0.05) is 40.6 Å². The topological polar surface area (TPSA) is 17.0 Å². The zero-order valence-electron chi connectivity index (χ0n) is 14.2. The molecule has 1 N–H and O–H groups in total. The van der Waals surface area contributed by atoms with Crippen molar-refractivity contribution in [2.24, 2.45) is 0 Å². The van der Waals surface area contributed by atoms with Gasteiger partial charge in [-0.15, -0.1) is 0 Å². The van der Waals surface area contributed by atoms with Crippen LogP contribution in [0.1, 0.15) is 18.1 Å². The molecule has 4 aromatic rings. The molecule has 0 aliphatic rings. The lowest BCUT2D eigenvalue weighted by Gasteiger charge is -2.08. The molecular formula is C22H22N2. The van der Waals surface area contributed by atoms with Gasteiger partial charge in [-0.3, -0.25) is 0 Å². The van der Waals surface area contributed by atoms with E-state index in [-0.39, 0.29) is 0 Å². The van der Waals surface area contributed by atoms with E-state index >= 15 is 0 Å². The van der Waals surface area contributed by atoms with Gasteiger partial charge in [-0.1, -0.05) is 42.0 Å². The Hall–Kier alpha value is -2.74. The molecule has 0 unspecified atom stereocenters. The van der Waals surface area contributed by atoms with Gasteiger partial charge in [-0.25, -0.2) is 0 Å². The van der Waals surface area contributed by atoms with Crippen LogP contribution in [-0.4, -0.2) is 4.57 Å². The van der Waals surface area contributed by atoms with Crippen molar-refractivity contribution in [3.8, 4) is 0 Å². The third-order valence-electron chi connectivity index (χ3n) is 4.70. The van der Waals surface area contributed by atoms with Gasteiger partial charge in [0.05, 0.1) is 0 Å². The number of para-hydroxylation sites is 1. The number of benzene rings is 3. The van der Waals surface area contributed by atoms with Gasteiger partial charge in [0.25, 0.3) is 0 Å². The molecule has 0 aliphatic carbocycles. The van der Waals surface area contributed by atoms with Crippen molar-refractivity contribution in [1.29, 1.82) is 0 Å². The third kappa shape index (κ3) is 2.54. The summed E-state index contributed by atoms with van der Waals surface area (Å²) < 4.78 is 2.39. The van der Waals surface area contributed by atoms with E-state index in [9.17, 15) is 0 Å². The minimum absolute atomic E-state index is 0.838. The van der Waals surface area contributed by atoms with Crippen LogP contribution in [0.2, 0.25) is 0 Å². The summed E-state index contributed by atoms with van der Waals surface area (Å²) in [5.41, 5.74) is 6.39. The monoisotopic (exact) mass is 314 g/mol. The van der Waals surface area contributed by atoms with Crippen LogP contribution in [-0.2, 0) is 13.1 Å². The van der Waals surface area contributed by atoms with Gasteiger partial charge >= 0.3 is 0 Å². The van der Waals surface area contributed by atoms with E-state index in [1.54, 1.807) is 0 Å². The predicted octanol–water partition coefficient (Wildman–Crippen LogP) is 5.73. The molecule has 0 amide bonds. The molecule has 1 heterocycles. The second kappa shape index (κ2) is 6.04. The molecule has 2 heteroatoms. The number of fused-ring (bicyclic) bond motifs is 3. The zero-order valence-corrected chi connectivity index (χ0v) is 14.2. The Morgan fingerprint density at radius 2 is 1.58 bits per heavy atom. The van der Waals surface area contributed by atoms with E-state index in [1.165, 1.54) is 32.9 Å². The molecule has 0 radical (unpaired) electrons. The van der Waals surface area contributed by atoms with Gasteiger partial charge in [-0.05, 0) is 49.7 Å². The molecule has 0 saturated carbocycles. The second-order valence-electron chi connectivity index (χ2n) is 6.33. The normalized spacial score (nSPS) is 11.2. The van der Waals surface area contributed by atoms with E-state index in [0.29, 0.717) is 0 Å².